The highest BCUT2D eigenvalue weighted by Gasteiger charge is 2.22. The third kappa shape index (κ3) is 2.20. The van der Waals surface area contributed by atoms with Gasteiger partial charge in [0.25, 0.3) is 9.05 Å². The van der Waals surface area contributed by atoms with E-state index >= 15 is 0 Å². The molecule has 1 aromatic rings. The molecule has 6 heteroatoms. The first-order chi connectivity index (χ1) is 7.16. The van der Waals surface area contributed by atoms with Gasteiger partial charge < -0.3 is 5.73 Å². The Kier molecular flexibility index (Phi) is 3.30. The summed E-state index contributed by atoms with van der Waals surface area (Å²) < 4.78 is 22.7. The summed E-state index contributed by atoms with van der Waals surface area (Å²) in [5.74, 6) is -0.656. The van der Waals surface area contributed by atoms with E-state index in [9.17, 15) is 13.2 Å². The van der Waals surface area contributed by atoms with Gasteiger partial charge in [-0.3, -0.25) is 4.79 Å². The number of primary amides is 1. The lowest BCUT2D eigenvalue weighted by molar-refractivity contribution is 0.0999. The molecule has 0 unspecified atom stereocenters. The zero-order valence-corrected chi connectivity index (χ0v) is 10.7. The smallest absolute Gasteiger partial charge is 0.261 e. The number of nitrogens with two attached hydrogens (primary N) is 1. The highest BCUT2D eigenvalue weighted by molar-refractivity contribution is 8.13. The molecule has 88 valence electrons. The summed E-state index contributed by atoms with van der Waals surface area (Å²) in [7, 11) is 1.45. The lowest BCUT2D eigenvalue weighted by Gasteiger charge is -2.12. The molecule has 1 amide bonds. The average molecular weight is 262 g/mol. The Hall–Kier alpha value is -1.07. The normalized spacial score (nSPS) is 11.5. The van der Waals surface area contributed by atoms with Crippen LogP contribution in [0.4, 0.5) is 0 Å². The van der Waals surface area contributed by atoms with Crippen LogP contribution in [0.3, 0.4) is 0 Å². The van der Waals surface area contributed by atoms with E-state index in [1.54, 1.807) is 19.9 Å². The molecule has 0 aliphatic carbocycles. The molecule has 0 heterocycles. The first-order valence-corrected chi connectivity index (χ1v) is 6.82. The van der Waals surface area contributed by atoms with Gasteiger partial charge in [0.05, 0.1) is 4.90 Å². The Morgan fingerprint density at radius 2 is 1.75 bits per heavy atom. The summed E-state index contributed by atoms with van der Waals surface area (Å²) in [4.78, 5) is 11.2. The number of halogens is 1. The molecule has 0 saturated carbocycles. The minimum Gasteiger partial charge on any atom is -0.366 e. The number of aryl methyl sites for hydroxylation is 2. The SMILES string of the molecule is Cc1cc(C)c(S(=O)(=O)Cl)c(C)c1C(N)=O. The molecule has 0 aliphatic heterocycles. The standard InChI is InChI=1S/C10H12ClNO3S/c1-5-4-6(2)9(16(11,14)15)7(3)8(5)10(12)13/h4H,1-3H3,(H2,12,13). The van der Waals surface area contributed by atoms with Crippen molar-refractivity contribution in [1.82, 2.24) is 0 Å². The minimum absolute atomic E-state index is 0.0337. The summed E-state index contributed by atoms with van der Waals surface area (Å²) in [6.07, 6.45) is 0. The molecule has 0 aliphatic rings. The van der Waals surface area contributed by atoms with Gasteiger partial charge in [-0.05, 0) is 37.5 Å². The number of rotatable bonds is 2. The van der Waals surface area contributed by atoms with Crippen LogP contribution in [0.2, 0.25) is 0 Å². The number of hydrogen-bond acceptors (Lipinski definition) is 3. The van der Waals surface area contributed by atoms with Crippen LogP contribution in [0.25, 0.3) is 0 Å². The second kappa shape index (κ2) is 4.07. The van der Waals surface area contributed by atoms with Gasteiger partial charge in [-0.15, -0.1) is 0 Å². The molecule has 1 rings (SSSR count). The predicted octanol–water partition coefficient (Wildman–Crippen LogP) is 1.64. The van der Waals surface area contributed by atoms with Crippen LogP contribution in [-0.4, -0.2) is 14.3 Å². The summed E-state index contributed by atoms with van der Waals surface area (Å²) >= 11 is 0. The van der Waals surface area contributed by atoms with Crippen molar-refractivity contribution < 1.29 is 13.2 Å². The van der Waals surface area contributed by atoms with Gasteiger partial charge in [0, 0.05) is 16.2 Å². The lowest BCUT2D eigenvalue weighted by atomic mass is 9.99. The van der Waals surface area contributed by atoms with Gasteiger partial charge in [0.15, 0.2) is 0 Å². The lowest BCUT2D eigenvalue weighted by Crippen LogP contribution is -2.16. The molecule has 1 aromatic carbocycles. The van der Waals surface area contributed by atoms with E-state index in [-0.39, 0.29) is 10.5 Å². The Morgan fingerprint density at radius 1 is 1.25 bits per heavy atom. The van der Waals surface area contributed by atoms with Crippen LogP contribution in [0.5, 0.6) is 0 Å². The van der Waals surface area contributed by atoms with E-state index in [1.807, 2.05) is 0 Å². The largest absolute Gasteiger partial charge is 0.366 e. The molecule has 4 nitrogen and oxygen atoms in total. The molecule has 0 saturated heterocycles. The Labute approximate surface area is 98.8 Å². The summed E-state index contributed by atoms with van der Waals surface area (Å²) in [6.45, 7) is 4.85. The molecule has 2 N–H and O–H groups in total. The first kappa shape index (κ1) is 13.0. The fraction of sp³-hybridized carbons (Fsp3) is 0.300. The molecule has 0 aromatic heterocycles. The van der Waals surface area contributed by atoms with Crippen molar-refractivity contribution in [3.8, 4) is 0 Å². The van der Waals surface area contributed by atoms with E-state index in [0.29, 0.717) is 16.7 Å². The molecule has 0 radical (unpaired) electrons. The van der Waals surface area contributed by atoms with Gasteiger partial charge >= 0.3 is 0 Å². The third-order valence-corrected chi connectivity index (χ3v) is 3.97. The number of carbonyl (C=O) groups excluding carboxylic acids is 1. The van der Waals surface area contributed by atoms with Gasteiger partial charge in [-0.1, -0.05) is 6.07 Å². The fourth-order valence-electron chi connectivity index (χ4n) is 1.92. The quantitative estimate of drug-likeness (QED) is 0.822. The summed E-state index contributed by atoms with van der Waals surface area (Å²) in [6, 6.07) is 1.59. The second-order valence-corrected chi connectivity index (χ2v) is 6.14. The van der Waals surface area contributed by atoms with Crippen molar-refractivity contribution in [2.24, 2.45) is 5.73 Å². The topological polar surface area (TPSA) is 77.2 Å². The monoisotopic (exact) mass is 261 g/mol. The van der Waals surface area contributed by atoms with E-state index in [4.69, 9.17) is 16.4 Å². The van der Waals surface area contributed by atoms with Crippen molar-refractivity contribution >= 4 is 25.6 Å². The summed E-state index contributed by atoms with van der Waals surface area (Å²) in [5, 5.41) is 0. The molecule has 0 spiro atoms. The number of benzene rings is 1. The second-order valence-electron chi connectivity index (χ2n) is 3.64. The van der Waals surface area contributed by atoms with Crippen LogP contribution < -0.4 is 5.73 Å². The Balaban J connectivity index is 3.79. The number of amides is 1. The zero-order chi connectivity index (χ0) is 12.7. The molecular formula is C10H12ClNO3S. The predicted molar refractivity (Wildman–Crippen MR) is 62.2 cm³/mol. The van der Waals surface area contributed by atoms with Crippen molar-refractivity contribution in [3.63, 3.8) is 0 Å². The zero-order valence-electron chi connectivity index (χ0n) is 9.17. The maximum absolute atomic E-state index is 11.4. The molecule has 0 atom stereocenters. The molecular weight excluding hydrogens is 250 g/mol. The third-order valence-electron chi connectivity index (χ3n) is 2.39. The van der Waals surface area contributed by atoms with E-state index in [0.717, 1.165) is 0 Å². The van der Waals surface area contributed by atoms with Crippen LogP contribution in [-0.2, 0) is 9.05 Å². The van der Waals surface area contributed by atoms with Crippen molar-refractivity contribution in [1.29, 1.82) is 0 Å². The first-order valence-electron chi connectivity index (χ1n) is 4.51. The van der Waals surface area contributed by atoms with Gasteiger partial charge in [0.1, 0.15) is 0 Å². The highest BCUT2D eigenvalue weighted by Crippen LogP contribution is 2.28. The van der Waals surface area contributed by atoms with Gasteiger partial charge in [-0.25, -0.2) is 8.42 Å². The average Bonchev–Trinajstić information content (AvgIpc) is 1.97. The summed E-state index contributed by atoms with van der Waals surface area (Å²) in [5.41, 5.74) is 6.87. The van der Waals surface area contributed by atoms with Crippen molar-refractivity contribution in [3.05, 3.63) is 28.3 Å². The van der Waals surface area contributed by atoms with Crippen LogP contribution in [0.1, 0.15) is 27.0 Å². The van der Waals surface area contributed by atoms with E-state index < -0.39 is 15.0 Å². The number of hydrogen-bond donors (Lipinski definition) is 1. The Morgan fingerprint density at radius 3 is 2.12 bits per heavy atom. The fourth-order valence-corrected chi connectivity index (χ4v) is 3.55. The maximum Gasteiger partial charge on any atom is 0.261 e. The highest BCUT2D eigenvalue weighted by atomic mass is 35.7. The molecule has 0 fully saturated rings. The van der Waals surface area contributed by atoms with Crippen molar-refractivity contribution in [2.45, 2.75) is 25.7 Å². The van der Waals surface area contributed by atoms with Crippen LogP contribution in [0, 0.1) is 20.8 Å². The minimum atomic E-state index is -3.87. The maximum atomic E-state index is 11.4. The van der Waals surface area contributed by atoms with Crippen LogP contribution >= 0.6 is 10.7 Å². The molecule has 16 heavy (non-hydrogen) atoms. The van der Waals surface area contributed by atoms with Gasteiger partial charge in [0.2, 0.25) is 5.91 Å². The van der Waals surface area contributed by atoms with Crippen molar-refractivity contribution in [2.75, 3.05) is 0 Å². The number of carbonyl (C=O) groups is 1. The Bertz CT molecular complexity index is 564. The van der Waals surface area contributed by atoms with E-state index in [2.05, 4.69) is 0 Å². The van der Waals surface area contributed by atoms with Gasteiger partial charge in [-0.2, -0.15) is 0 Å². The van der Waals surface area contributed by atoms with Crippen LogP contribution in [0.15, 0.2) is 11.0 Å². The molecule has 0 bridgehead atoms. The van der Waals surface area contributed by atoms with E-state index in [1.165, 1.54) is 6.92 Å².